The molecule has 1 amide bonds. The first-order valence-electron chi connectivity index (χ1n) is 6.54. The van der Waals surface area contributed by atoms with Gasteiger partial charge in [-0.05, 0) is 32.1 Å². The van der Waals surface area contributed by atoms with Gasteiger partial charge in [-0.3, -0.25) is 4.79 Å². The molecule has 1 aliphatic heterocycles. The first kappa shape index (κ1) is 13.5. The lowest BCUT2D eigenvalue weighted by Crippen LogP contribution is -2.43. The summed E-state index contributed by atoms with van der Waals surface area (Å²) in [6, 6.07) is 7.59. The first-order chi connectivity index (χ1) is 9.24. The van der Waals surface area contributed by atoms with Crippen LogP contribution in [0.3, 0.4) is 0 Å². The lowest BCUT2D eigenvalue weighted by atomic mass is 10.2. The predicted molar refractivity (Wildman–Crippen MR) is 73.4 cm³/mol. The summed E-state index contributed by atoms with van der Waals surface area (Å²) < 4.78 is 11.5. The van der Waals surface area contributed by atoms with E-state index in [-0.39, 0.29) is 12.0 Å². The monoisotopic (exact) mass is 261 g/mol. The molecule has 0 saturated carbocycles. The van der Waals surface area contributed by atoms with Crippen molar-refractivity contribution in [2.24, 2.45) is 0 Å². The minimum Gasteiger partial charge on any atom is -0.486 e. The molecule has 1 unspecified atom stereocenters. The lowest BCUT2D eigenvalue weighted by molar-refractivity contribution is -0.127. The Balaban J connectivity index is 1.99. The number of carbonyl (C=O) groups is 1. The quantitative estimate of drug-likeness (QED) is 0.780. The van der Waals surface area contributed by atoms with Gasteiger partial charge in [-0.2, -0.15) is 0 Å². The third kappa shape index (κ3) is 3.28. The highest BCUT2D eigenvalue weighted by Gasteiger charge is 2.23. The predicted octanol–water partition coefficient (Wildman–Crippen LogP) is 2.25. The van der Waals surface area contributed by atoms with Crippen molar-refractivity contribution >= 4 is 5.91 Å². The maximum atomic E-state index is 11.8. The van der Waals surface area contributed by atoms with Crippen molar-refractivity contribution in [3.8, 4) is 11.5 Å². The van der Waals surface area contributed by atoms with Gasteiger partial charge in [0.15, 0.2) is 17.6 Å². The van der Waals surface area contributed by atoms with Crippen LogP contribution in [0, 0.1) is 0 Å². The number of allylic oxidation sites excluding steroid dienone is 1. The summed E-state index contributed by atoms with van der Waals surface area (Å²) in [5, 5.41) is 0. The fraction of sp³-hybridized carbons (Fsp3) is 0.400. The van der Waals surface area contributed by atoms with Crippen molar-refractivity contribution in [3.05, 3.63) is 36.4 Å². The van der Waals surface area contributed by atoms with Crippen molar-refractivity contribution in [2.45, 2.75) is 20.0 Å². The van der Waals surface area contributed by atoms with Crippen LogP contribution in [0.5, 0.6) is 11.5 Å². The Bertz CT molecular complexity index is 470. The summed E-state index contributed by atoms with van der Waals surface area (Å²) in [4.78, 5) is 13.6. The van der Waals surface area contributed by atoms with Gasteiger partial charge in [0.2, 0.25) is 5.91 Å². The van der Waals surface area contributed by atoms with Crippen LogP contribution >= 0.6 is 0 Å². The molecule has 0 fully saturated rings. The number of rotatable bonds is 4. The van der Waals surface area contributed by atoms with Crippen LogP contribution in [0.25, 0.3) is 0 Å². The summed E-state index contributed by atoms with van der Waals surface area (Å²) in [6.45, 7) is 5.45. The number of amides is 1. The Hall–Kier alpha value is -1.97. The number of para-hydroxylation sites is 2. The van der Waals surface area contributed by atoms with Crippen LogP contribution in [-0.4, -0.2) is 36.6 Å². The zero-order chi connectivity index (χ0) is 13.7. The lowest BCUT2D eigenvalue weighted by Gasteiger charge is -2.30. The molecule has 0 saturated heterocycles. The van der Waals surface area contributed by atoms with Crippen LogP contribution < -0.4 is 9.47 Å². The third-order valence-corrected chi connectivity index (χ3v) is 2.99. The highest BCUT2D eigenvalue weighted by atomic mass is 16.6. The largest absolute Gasteiger partial charge is 0.486 e. The van der Waals surface area contributed by atoms with Crippen LogP contribution in [0.2, 0.25) is 0 Å². The zero-order valence-electron chi connectivity index (χ0n) is 11.3. The van der Waals surface area contributed by atoms with Gasteiger partial charge in [0, 0.05) is 6.54 Å². The fourth-order valence-corrected chi connectivity index (χ4v) is 2.02. The molecule has 1 atom stereocenters. The third-order valence-electron chi connectivity index (χ3n) is 2.99. The van der Waals surface area contributed by atoms with E-state index in [4.69, 9.17) is 9.47 Å². The van der Waals surface area contributed by atoms with Gasteiger partial charge in [0.25, 0.3) is 0 Å². The van der Waals surface area contributed by atoms with E-state index in [9.17, 15) is 4.79 Å². The Kier molecular flexibility index (Phi) is 4.44. The molecule has 0 bridgehead atoms. The summed E-state index contributed by atoms with van der Waals surface area (Å²) >= 11 is 0. The minimum absolute atomic E-state index is 0.00691. The maximum Gasteiger partial charge on any atom is 0.246 e. The summed E-state index contributed by atoms with van der Waals surface area (Å²) in [6.07, 6.45) is 3.20. The second-order valence-electron chi connectivity index (χ2n) is 4.37. The van der Waals surface area contributed by atoms with Gasteiger partial charge >= 0.3 is 0 Å². The highest BCUT2D eigenvalue weighted by Crippen LogP contribution is 2.30. The molecule has 19 heavy (non-hydrogen) atoms. The van der Waals surface area contributed by atoms with Crippen LogP contribution in [0.4, 0.5) is 0 Å². The molecular formula is C15H19NO3. The molecule has 0 aromatic heterocycles. The van der Waals surface area contributed by atoms with E-state index in [2.05, 4.69) is 0 Å². The molecule has 1 aromatic carbocycles. The summed E-state index contributed by atoms with van der Waals surface area (Å²) in [7, 11) is 0. The topological polar surface area (TPSA) is 38.8 Å². The second kappa shape index (κ2) is 6.27. The van der Waals surface area contributed by atoms with E-state index in [1.807, 2.05) is 38.1 Å². The maximum absolute atomic E-state index is 11.8. The molecular weight excluding hydrogens is 242 g/mol. The number of carbonyl (C=O) groups excluding carboxylic acids is 1. The van der Waals surface area contributed by atoms with Crippen molar-refractivity contribution in [3.63, 3.8) is 0 Å². The van der Waals surface area contributed by atoms with Gasteiger partial charge in [-0.1, -0.05) is 18.2 Å². The molecule has 1 aliphatic rings. The van der Waals surface area contributed by atoms with E-state index in [1.165, 1.54) is 0 Å². The van der Waals surface area contributed by atoms with E-state index >= 15 is 0 Å². The SMILES string of the molecule is CC=CC(=O)N(CC)CC1COc2ccccc2O1. The van der Waals surface area contributed by atoms with Crippen molar-refractivity contribution in [1.29, 1.82) is 0 Å². The zero-order valence-corrected chi connectivity index (χ0v) is 11.3. The molecule has 4 nitrogen and oxygen atoms in total. The number of benzene rings is 1. The molecule has 0 spiro atoms. The van der Waals surface area contributed by atoms with Crippen molar-refractivity contribution < 1.29 is 14.3 Å². The Morgan fingerprint density at radius 3 is 2.84 bits per heavy atom. The molecule has 1 aromatic rings. The van der Waals surface area contributed by atoms with E-state index in [0.717, 1.165) is 11.5 Å². The standard InChI is InChI=1S/C15H19NO3/c1-3-7-15(17)16(4-2)10-12-11-18-13-8-5-6-9-14(13)19-12/h3,5-9,12H,4,10-11H2,1-2H3. The van der Waals surface area contributed by atoms with Crippen LogP contribution in [-0.2, 0) is 4.79 Å². The van der Waals surface area contributed by atoms with Crippen LogP contribution in [0.1, 0.15) is 13.8 Å². The number of nitrogens with zero attached hydrogens (tertiary/aromatic N) is 1. The van der Waals surface area contributed by atoms with Crippen LogP contribution in [0.15, 0.2) is 36.4 Å². The number of hydrogen-bond donors (Lipinski definition) is 0. The van der Waals surface area contributed by atoms with E-state index in [1.54, 1.807) is 17.1 Å². The second-order valence-corrected chi connectivity index (χ2v) is 4.37. The van der Waals surface area contributed by atoms with Gasteiger partial charge in [-0.25, -0.2) is 0 Å². The average molecular weight is 261 g/mol. The summed E-state index contributed by atoms with van der Waals surface area (Å²) in [5.41, 5.74) is 0. The normalized spacial score (nSPS) is 17.5. The fourth-order valence-electron chi connectivity index (χ4n) is 2.02. The van der Waals surface area contributed by atoms with Gasteiger partial charge < -0.3 is 14.4 Å². The Morgan fingerprint density at radius 1 is 1.42 bits per heavy atom. The summed E-state index contributed by atoms with van der Waals surface area (Å²) in [5.74, 6) is 1.52. The van der Waals surface area contributed by atoms with Crippen molar-refractivity contribution in [1.82, 2.24) is 4.90 Å². The smallest absolute Gasteiger partial charge is 0.246 e. The van der Waals surface area contributed by atoms with Gasteiger partial charge in [-0.15, -0.1) is 0 Å². The number of hydrogen-bond acceptors (Lipinski definition) is 3. The molecule has 102 valence electrons. The number of fused-ring (bicyclic) bond motifs is 1. The number of likely N-dealkylation sites (N-methyl/N-ethyl adjacent to an activating group) is 1. The molecule has 4 heteroatoms. The van der Waals surface area contributed by atoms with Crippen molar-refractivity contribution in [2.75, 3.05) is 19.7 Å². The van der Waals surface area contributed by atoms with E-state index < -0.39 is 0 Å². The van der Waals surface area contributed by atoms with E-state index in [0.29, 0.717) is 19.7 Å². The molecule has 1 heterocycles. The average Bonchev–Trinajstić information content (AvgIpc) is 2.44. The molecule has 0 aliphatic carbocycles. The van der Waals surface area contributed by atoms with Gasteiger partial charge in [0.05, 0.1) is 6.54 Å². The Labute approximate surface area is 113 Å². The molecule has 0 N–H and O–H groups in total. The molecule has 0 radical (unpaired) electrons. The number of ether oxygens (including phenoxy) is 2. The Morgan fingerprint density at radius 2 is 2.16 bits per heavy atom. The minimum atomic E-state index is -0.121. The van der Waals surface area contributed by atoms with Gasteiger partial charge in [0.1, 0.15) is 6.61 Å². The first-order valence-corrected chi connectivity index (χ1v) is 6.54. The molecule has 2 rings (SSSR count). The highest BCUT2D eigenvalue weighted by molar-refractivity contribution is 5.87.